The highest BCUT2D eigenvalue weighted by atomic mass is 35.5. The average Bonchev–Trinajstić information content (AvgIpc) is 2.65. The van der Waals surface area contributed by atoms with E-state index in [1.54, 1.807) is 42.9 Å². The van der Waals surface area contributed by atoms with E-state index in [1.807, 2.05) is 19.1 Å². The molecular formula is C18H16ClN5O. The third-order valence-corrected chi connectivity index (χ3v) is 4.01. The fourth-order valence-electron chi connectivity index (χ4n) is 2.18. The second-order valence-electron chi connectivity index (χ2n) is 5.34. The Morgan fingerprint density at radius 1 is 1.12 bits per heavy atom. The Kier molecular flexibility index (Phi) is 5.20. The minimum atomic E-state index is -0.320. The van der Waals surface area contributed by atoms with Gasteiger partial charge in [0.1, 0.15) is 5.69 Å². The van der Waals surface area contributed by atoms with Gasteiger partial charge in [-0.25, -0.2) is 9.97 Å². The summed E-state index contributed by atoms with van der Waals surface area (Å²) >= 11 is 6.08. The number of nitrogens with one attached hydrogen (secondary N) is 2. The maximum absolute atomic E-state index is 12.4. The highest BCUT2D eigenvalue weighted by molar-refractivity contribution is 6.31. The molecule has 1 amide bonds. The molecule has 0 unspecified atom stereocenters. The number of halogens is 1. The number of carbonyl (C=O) groups excluding carboxylic acids is 1. The van der Waals surface area contributed by atoms with Crippen molar-refractivity contribution in [3.8, 4) is 0 Å². The third kappa shape index (κ3) is 4.30. The lowest BCUT2D eigenvalue weighted by atomic mass is 10.2. The number of anilines is 2. The number of rotatable bonds is 5. The second-order valence-corrected chi connectivity index (χ2v) is 5.75. The number of nitrogens with zero attached hydrogens (tertiary/aromatic N) is 3. The van der Waals surface area contributed by atoms with Crippen LogP contribution in [0, 0.1) is 6.92 Å². The molecule has 0 aliphatic heterocycles. The molecule has 2 N–H and O–H groups in total. The van der Waals surface area contributed by atoms with Crippen molar-refractivity contribution in [3.05, 3.63) is 76.8 Å². The van der Waals surface area contributed by atoms with Gasteiger partial charge in [-0.2, -0.15) is 0 Å². The van der Waals surface area contributed by atoms with E-state index in [2.05, 4.69) is 25.6 Å². The lowest BCUT2D eigenvalue weighted by molar-refractivity contribution is 0.102. The highest BCUT2D eigenvalue weighted by Gasteiger charge is 2.11. The number of hydrogen-bond acceptors (Lipinski definition) is 5. The number of hydrogen-bond donors (Lipinski definition) is 2. The zero-order chi connectivity index (χ0) is 17.6. The Morgan fingerprint density at radius 3 is 2.72 bits per heavy atom. The second kappa shape index (κ2) is 7.72. The molecule has 2 aromatic heterocycles. The molecule has 0 fully saturated rings. The van der Waals surface area contributed by atoms with Gasteiger partial charge in [0.2, 0.25) is 5.95 Å². The average molecular weight is 354 g/mol. The van der Waals surface area contributed by atoms with E-state index >= 15 is 0 Å². The summed E-state index contributed by atoms with van der Waals surface area (Å²) in [5.74, 6) is 0.0620. The predicted molar refractivity (Wildman–Crippen MR) is 97.7 cm³/mol. The molecule has 0 atom stereocenters. The highest BCUT2D eigenvalue weighted by Crippen LogP contribution is 2.23. The number of benzene rings is 1. The van der Waals surface area contributed by atoms with Gasteiger partial charge in [0.15, 0.2) is 0 Å². The van der Waals surface area contributed by atoms with Crippen LogP contribution in [0.3, 0.4) is 0 Å². The first-order valence-corrected chi connectivity index (χ1v) is 8.03. The molecule has 25 heavy (non-hydrogen) atoms. The van der Waals surface area contributed by atoms with Gasteiger partial charge < -0.3 is 10.6 Å². The molecule has 0 radical (unpaired) electrons. The summed E-state index contributed by atoms with van der Waals surface area (Å²) in [6, 6.07) is 10.7. The Hall–Kier alpha value is -2.99. The van der Waals surface area contributed by atoms with Gasteiger partial charge in [0.05, 0.1) is 0 Å². The molecular weight excluding hydrogens is 338 g/mol. The van der Waals surface area contributed by atoms with Crippen LogP contribution >= 0.6 is 11.6 Å². The smallest absolute Gasteiger partial charge is 0.274 e. The van der Waals surface area contributed by atoms with Crippen molar-refractivity contribution < 1.29 is 4.79 Å². The molecule has 3 rings (SSSR count). The number of carbonyl (C=O) groups is 1. The fraction of sp³-hybridized carbons (Fsp3) is 0.111. The SMILES string of the molecule is Cc1c(Cl)cccc1NC(=O)c1ccnc(NCc2ccncc2)n1. The Bertz CT molecular complexity index is 886. The van der Waals surface area contributed by atoms with Crippen molar-refractivity contribution >= 4 is 29.1 Å². The van der Waals surface area contributed by atoms with Crippen molar-refractivity contribution in [3.63, 3.8) is 0 Å². The van der Waals surface area contributed by atoms with E-state index in [-0.39, 0.29) is 11.6 Å². The lowest BCUT2D eigenvalue weighted by Gasteiger charge is -2.10. The van der Waals surface area contributed by atoms with Gasteiger partial charge >= 0.3 is 0 Å². The Morgan fingerprint density at radius 2 is 1.92 bits per heavy atom. The van der Waals surface area contributed by atoms with Gasteiger partial charge in [0, 0.05) is 35.8 Å². The summed E-state index contributed by atoms with van der Waals surface area (Å²) < 4.78 is 0. The van der Waals surface area contributed by atoms with E-state index in [1.165, 1.54) is 0 Å². The van der Waals surface area contributed by atoms with E-state index in [0.717, 1.165) is 11.1 Å². The molecule has 1 aromatic carbocycles. The van der Waals surface area contributed by atoms with Crippen LogP contribution < -0.4 is 10.6 Å². The third-order valence-electron chi connectivity index (χ3n) is 3.60. The molecule has 0 bridgehead atoms. The summed E-state index contributed by atoms with van der Waals surface area (Å²) in [7, 11) is 0. The molecule has 0 spiro atoms. The zero-order valence-electron chi connectivity index (χ0n) is 13.5. The topological polar surface area (TPSA) is 79.8 Å². The molecule has 0 saturated heterocycles. The standard InChI is InChI=1S/C18H16ClN5O/c1-12-14(19)3-2-4-15(12)23-17(25)16-7-10-21-18(24-16)22-11-13-5-8-20-9-6-13/h2-10H,11H2,1H3,(H,23,25)(H,21,22,24). The first-order chi connectivity index (χ1) is 12.1. The minimum absolute atomic E-state index is 0.270. The number of aromatic nitrogens is 3. The van der Waals surface area contributed by atoms with Gasteiger partial charge in [-0.1, -0.05) is 17.7 Å². The number of amides is 1. The van der Waals surface area contributed by atoms with Crippen LogP contribution in [0.1, 0.15) is 21.6 Å². The van der Waals surface area contributed by atoms with Crippen LogP contribution in [0.15, 0.2) is 55.0 Å². The van der Waals surface area contributed by atoms with E-state index in [9.17, 15) is 4.79 Å². The van der Waals surface area contributed by atoms with Gasteiger partial charge in [-0.15, -0.1) is 0 Å². The van der Waals surface area contributed by atoms with Crippen LogP contribution in [-0.4, -0.2) is 20.9 Å². The van der Waals surface area contributed by atoms with Crippen molar-refractivity contribution in [2.75, 3.05) is 10.6 Å². The zero-order valence-corrected chi connectivity index (χ0v) is 14.3. The normalized spacial score (nSPS) is 10.3. The molecule has 0 aliphatic rings. The van der Waals surface area contributed by atoms with Crippen LogP contribution in [0.25, 0.3) is 0 Å². The minimum Gasteiger partial charge on any atom is -0.350 e. The first-order valence-electron chi connectivity index (χ1n) is 7.66. The largest absolute Gasteiger partial charge is 0.350 e. The lowest BCUT2D eigenvalue weighted by Crippen LogP contribution is -2.16. The van der Waals surface area contributed by atoms with Gasteiger partial charge in [0.25, 0.3) is 5.91 Å². The molecule has 3 aromatic rings. The van der Waals surface area contributed by atoms with Crippen LogP contribution in [0.4, 0.5) is 11.6 Å². The molecule has 0 saturated carbocycles. The molecule has 6 nitrogen and oxygen atoms in total. The monoisotopic (exact) mass is 353 g/mol. The quantitative estimate of drug-likeness (QED) is 0.731. The predicted octanol–water partition coefficient (Wildman–Crippen LogP) is 3.70. The van der Waals surface area contributed by atoms with Crippen molar-refractivity contribution in [1.82, 2.24) is 15.0 Å². The van der Waals surface area contributed by atoms with Crippen LogP contribution in [0.5, 0.6) is 0 Å². The summed E-state index contributed by atoms with van der Waals surface area (Å²) in [6.07, 6.45) is 4.98. The van der Waals surface area contributed by atoms with Crippen LogP contribution in [-0.2, 0) is 6.54 Å². The van der Waals surface area contributed by atoms with Gasteiger partial charge in [-0.05, 0) is 48.4 Å². The summed E-state index contributed by atoms with van der Waals surface area (Å²) in [4.78, 5) is 24.8. The van der Waals surface area contributed by atoms with Crippen molar-refractivity contribution in [1.29, 1.82) is 0 Å². The Labute approximate surface area is 150 Å². The van der Waals surface area contributed by atoms with E-state index in [4.69, 9.17) is 11.6 Å². The Balaban J connectivity index is 1.70. The molecule has 0 aliphatic carbocycles. The molecule has 126 valence electrons. The van der Waals surface area contributed by atoms with Crippen LogP contribution in [0.2, 0.25) is 5.02 Å². The number of pyridine rings is 1. The summed E-state index contributed by atoms with van der Waals surface area (Å²) in [5.41, 5.74) is 2.78. The molecule has 2 heterocycles. The molecule has 7 heteroatoms. The van der Waals surface area contributed by atoms with Gasteiger partial charge in [-0.3, -0.25) is 9.78 Å². The van der Waals surface area contributed by atoms with E-state index in [0.29, 0.717) is 23.2 Å². The fourth-order valence-corrected chi connectivity index (χ4v) is 2.36. The van der Waals surface area contributed by atoms with E-state index < -0.39 is 0 Å². The summed E-state index contributed by atoms with van der Waals surface area (Å²) in [6.45, 7) is 2.39. The summed E-state index contributed by atoms with van der Waals surface area (Å²) in [5, 5.41) is 6.51. The van der Waals surface area contributed by atoms with Crippen molar-refractivity contribution in [2.24, 2.45) is 0 Å². The first kappa shape index (κ1) is 16.9. The van der Waals surface area contributed by atoms with Crippen molar-refractivity contribution in [2.45, 2.75) is 13.5 Å². The maximum Gasteiger partial charge on any atom is 0.274 e. The maximum atomic E-state index is 12.4.